The lowest BCUT2D eigenvalue weighted by atomic mass is 10.2. The number of carbonyl (C=O) groups excluding carboxylic acids is 3. The first-order valence-corrected chi connectivity index (χ1v) is 8.69. The third-order valence-corrected chi connectivity index (χ3v) is 4.54. The van der Waals surface area contributed by atoms with Gasteiger partial charge in [0.1, 0.15) is 11.6 Å². The summed E-state index contributed by atoms with van der Waals surface area (Å²) in [6.07, 6.45) is -1.51. The molecule has 0 aliphatic carbocycles. The van der Waals surface area contributed by atoms with Gasteiger partial charge in [-0.05, 0) is 31.2 Å². The number of halogens is 3. The molecule has 0 radical (unpaired) electrons. The van der Waals surface area contributed by atoms with Crippen LogP contribution < -0.4 is 5.32 Å². The molecule has 0 bridgehead atoms. The van der Waals surface area contributed by atoms with Crippen molar-refractivity contribution >= 4 is 46.3 Å². The van der Waals surface area contributed by atoms with Crippen molar-refractivity contribution in [3.8, 4) is 0 Å². The lowest BCUT2D eigenvalue weighted by molar-refractivity contribution is -0.153. The Balaban J connectivity index is 1.82. The number of ketones is 1. The number of hydrogen-bond donors (Lipinski definition) is 1. The maximum atomic E-state index is 13.5. The number of amides is 1. The second kappa shape index (κ2) is 8.86. The number of esters is 1. The highest BCUT2D eigenvalue weighted by Gasteiger charge is 2.20. The minimum Gasteiger partial charge on any atom is -0.453 e. The van der Waals surface area contributed by atoms with Crippen LogP contribution in [0.25, 0.3) is 0 Å². The lowest BCUT2D eigenvalue weighted by Gasteiger charge is -2.13. The summed E-state index contributed by atoms with van der Waals surface area (Å²) >= 11 is 6.85. The van der Waals surface area contributed by atoms with Crippen molar-refractivity contribution in [2.24, 2.45) is 0 Å². The van der Waals surface area contributed by atoms with Crippen LogP contribution in [-0.4, -0.2) is 23.8 Å². The highest BCUT2D eigenvalue weighted by atomic mass is 35.5. The van der Waals surface area contributed by atoms with Gasteiger partial charge in [0.05, 0.1) is 21.3 Å². The normalized spacial score (nSPS) is 11.7. The number of hydrogen-bond acceptors (Lipinski definition) is 5. The van der Waals surface area contributed by atoms with Crippen LogP contribution >= 0.6 is 22.9 Å². The van der Waals surface area contributed by atoms with Crippen molar-refractivity contribution < 1.29 is 27.9 Å². The summed E-state index contributed by atoms with van der Waals surface area (Å²) in [5.74, 6) is -3.51. The number of Topliss-reactive ketones (excluding diaryl/α,β-unsaturated/α-hetero) is 1. The molecule has 1 amide bonds. The fraction of sp³-hybridized carbons (Fsp3) is 0.235. The third-order valence-electron chi connectivity index (χ3n) is 3.27. The Bertz CT molecular complexity index is 840. The van der Waals surface area contributed by atoms with Crippen molar-refractivity contribution in [1.29, 1.82) is 0 Å². The van der Waals surface area contributed by atoms with Crippen molar-refractivity contribution in [2.75, 3.05) is 5.32 Å². The number of rotatable bonds is 7. The quantitative estimate of drug-likeness (QED) is 0.557. The molecule has 1 aromatic carbocycles. The van der Waals surface area contributed by atoms with Crippen LogP contribution in [0.3, 0.4) is 0 Å². The maximum Gasteiger partial charge on any atom is 0.307 e. The van der Waals surface area contributed by atoms with Crippen LogP contribution in [0, 0.1) is 11.6 Å². The fourth-order valence-electron chi connectivity index (χ4n) is 1.94. The summed E-state index contributed by atoms with van der Waals surface area (Å²) in [6.45, 7) is 1.30. The minimum atomic E-state index is -1.21. The van der Waals surface area contributed by atoms with Gasteiger partial charge >= 0.3 is 5.97 Å². The van der Waals surface area contributed by atoms with Crippen LogP contribution in [0.2, 0.25) is 4.34 Å². The van der Waals surface area contributed by atoms with Gasteiger partial charge in [-0.3, -0.25) is 14.4 Å². The van der Waals surface area contributed by atoms with E-state index in [2.05, 4.69) is 5.32 Å². The molecule has 138 valence electrons. The Labute approximate surface area is 156 Å². The zero-order valence-electron chi connectivity index (χ0n) is 13.6. The Morgan fingerprint density at radius 3 is 2.54 bits per heavy atom. The van der Waals surface area contributed by atoms with E-state index in [4.69, 9.17) is 16.3 Å². The van der Waals surface area contributed by atoms with Crippen molar-refractivity contribution in [3.63, 3.8) is 0 Å². The van der Waals surface area contributed by atoms with Gasteiger partial charge in [-0.25, -0.2) is 8.78 Å². The molecule has 0 unspecified atom stereocenters. The standard InChI is InChI=1S/C17H14ClF2NO4S/c1-9(17(24)21-12-3-2-10(19)8-11(12)20)25-16(23)7-4-13(22)14-5-6-15(18)26-14/h2-3,5-6,8-9H,4,7H2,1H3,(H,21,24)/t9-/m0/s1. The summed E-state index contributed by atoms with van der Waals surface area (Å²) in [5.41, 5.74) is -0.232. The van der Waals surface area contributed by atoms with E-state index in [0.29, 0.717) is 15.3 Å². The SMILES string of the molecule is C[C@H](OC(=O)CCC(=O)c1ccc(Cl)s1)C(=O)Nc1ccc(F)cc1F. The van der Waals surface area contributed by atoms with E-state index in [0.717, 1.165) is 23.5 Å². The second-order valence-corrected chi connectivity index (χ2v) is 6.99. The number of anilines is 1. The molecule has 2 rings (SSSR count). The van der Waals surface area contributed by atoms with Crippen LogP contribution in [0.1, 0.15) is 29.4 Å². The van der Waals surface area contributed by atoms with Crippen molar-refractivity contribution in [2.45, 2.75) is 25.9 Å². The van der Waals surface area contributed by atoms with Gasteiger partial charge in [0.15, 0.2) is 11.9 Å². The first kappa shape index (κ1) is 20.0. The van der Waals surface area contributed by atoms with E-state index in [1.165, 1.54) is 6.92 Å². The number of carbonyl (C=O) groups is 3. The molecule has 0 saturated heterocycles. The molecule has 0 fully saturated rings. The van der Waals surface area contributed by atoms with Gasteiger partial charge < -0.3 is 10.1 Å². The van der Waals surface area contributed by atoms with Crippen molar-refractivity contribution in [3.05, 3.63) is 51.2 Å². The molecule has 1 aromatic heterocycles. The molecular weight excluding hydrogens is 388 g/mol. The summed E-state index contributed by atoms with van der Waals surface area (Å²) in [5, 5.41) is 2.20. The number of thiophene rings is 1. The predicted octanol–water partition coefficient (Wildman–Crippen LogP) is 4.21. The topological polar surface area (TPSA) is 72.5 Å². The van der Waals surface area contributed by atoms with Gasteiger partial charge in [-0.1, -0.05) is 11.6 Å². The maximum absolute atomic E-state index is 13.5. The molecule has 0 aliphatic rings. The van der Waals surface area contributed by atoms with E-state index in [-0.39, 0.29) is 24.3 Å². The average Bonchev–Trinajstić information content (AvgIpc) is 3.01. The van der Waals surface area contributed by atoms with Gasteiger partial charge in [0, 0.05) is 12.5 Å². The Kier molecular flexibility index (Phi) is 6.82. The number of ether oxygens (including phenoxy) is 1. The fourth-order valence-corrected chi connectivity index (χ4v) is 2.95. The molecule has 0 aliphatic heterocycles. The number of nitrogens with one attached hydrogen (secondary N) is 1. The lowest BCUT2D eigenvalue weighted by Crippen LogP contribution is -2.30. The molecule has 1 atom stereocenters. The highest BCUT2D eigenvalue weighted by Crippen LogP contribution is 2.23. The van der Waals surface area contributed by atoms with E-state index in [1.54, 1.807) is 12.1 Å². The van der Waals surface area contributed by atoms with Crippen LogP contribution in [0.5, 0.6) is 0 Å². The predicted molar refractivity (Wildman–Crippen MR) is 93.4 cm³/mol. The summed E-state index contributed by atoms with van der Waals surface area (Å²) in [6, 6.07) is 5.81. The molecule has 9 heteroatoms. The highest BCUT2D eigenvalue weighted by molar-refractivity contribution is 7.18. The van der Waals surface area contributed by atoms with Gasteiger partial charge in [0.25, 0.3) is 5.91 Å². The molecule has 5 nitrogen and oxygen atoms in total. The molecule has 2 aromatic rings. The monoisotopic (exact) mass is 401 g/mol. The molecule has 0 saturated carbocycles. The Morgan fingerprint density at radius 2 is 1.92 bits per heavy atom. The molecule has 1 heterocycles. The van der Waals surface area contributed by atoms with Gasteiger partial charge in [0.2, 0.25) is 0 Å². The van der Waals surface area contributed by atoms with Crippen LogP contribution in [0.15, 0.2) is 30.3 Å². The second-order valence-electron chi connectivity index (χ2n) is 5.27. The zero-order chi connectivity index (χ0) is 19.3. The van der Waals surface area contributed by atoms with Gasteiger partial charge in [-0.15, -0.1) is 11.3 Å². The zero-order valence-corrected chi connectivity index (χ0v) is 15.1. The first-order chi connectivity index (χ1) is 12.3. The molecule has 1 N–H and O–H groups in total. The Morgan fingerprint density at radius 1 is 1.19 bits per heavy atom. The average molecular weight is 402 g/mol. The van der Waals surface area contributed by atoms with Crippen molar-refractivity contribution in [1.82, 2.24) is 0 Å². The Hall–Kier alpha value is -2.32. The molecule has 26 heavy (non-hydrogen) atoms. The minimum absolute atomic E-state index is 0.0867. The van der Waals surface area contributed by atoms with Gasteiger partial charge in [-0.2, -0.15) is 0 Å². The van der Waals surface area contributed by atoms with E-state index in [1.807, 2.05) is 0 Å². The van der Waals surface area contributed by atoms with Crippen LogP contribution in [0.4, 0.5) is 14.5 Å². The summed E-state index contributed by atoms with van der Waals surface area (Å²) < 4.78 is 31.7. The van der Waals surface area contributed by atoms with E-state index < -0.39 is 29.6 Å². The number of benzene rings is 1. The first-order valence-electron chi connectivity index (χ1n) is 7.50. The van der Waals surface area contributed by atoms with Crippen LogP contribution in [-0.2, 0) is 14.3 Å². The molecule has 0 spiro atoms. The summed E-state index contributed by atoms with van der Waals surface area (Å²) in [4.78, 5) is 36.0. The summed E-state index contributed by atoms with van der Waals surface area (Å²) in [7, 11) is 0. The smallest absolute Gasteiger partial charge is 0.307 e. The van der Waals surface area contributed by atoms with E-state index >= 15 is 0 Å². The van der Waals surface area contributed by atoms with E-state index in [9.17, 15) is 23.2 Å². The largest absolute Gasteiger partial charge is 0.453 e. The third kappa shape index (κ3) is 5.60. The molecular formula is C17H14ClF2NO4S.